The van der Waals surface area contributed by atoms with Crippen molar-refractivity contribution in [3.63, 3.8) is 0 Å². The first-order valence-electron chi connectivity index (χ1n) is 5.08. The maximum Gasteiger partial charge on any atom is 0.134 e. The van der Waals surface area contributed by atoms with Gasteiger partial charge in [0.2, 0.25) is 0 Å². The number of nitrogens with one attached hydrogen (secondary N) is 1. The van der Waals surface area contributed by atoms with E-state index < -0.39 is 0 Å². The lowest BCUT2D eigenvalue weighted by Gasteiger charge is -2.10. The van der Waals surface area contributed by atoms with Gasteiger partial charge in [-0.25, -0.2) is 0 Å². The Labute approximate surface area is 110 Å². The van der Waals surface area contributed by atoms with Crippen LogP contribution in [0.25, 0.3) is 0 Å². The maximum absolute atomic E-state index is 5.84. The predicted molar refractivity (Wildman–Crippen MR) is 72.3 cm³/mol. The highest BCUT2D eigenvalue weighted by Crippen LogP contribution is 2.28. The summed E-state index contributed by atoms with van der Waals surface area (Å²) in [5.41, 5.74) is 1.02. The van der Waals surface area contributed by atoms with Gasteiger partial charge >= 0.3 is 0 Å². The zero-order valence-electron chi connectivity index (χ0n) is 9.22. The Bertz CT molecular complexity index is 368. The molecule has 0 atom stereocenters. The highest BCUT2D eigenvalue weighted by molar-refractivity contribution is 9.10. The SMILES string of the molecule is C=C(CNCC)COc1ccc(Cl)cc1Br. The van der Waals surface area contributed by atoms with Crippen LogP contribution < -0.4 is 10.1 Å². The number of hydrogen-bond acceptors (Lipinski definition) is 2. The predicted octanol–water partition coefficient (Wildman–Crippen LogP) is 3.65. The van der Waals surface area contributed by atoms with Crippen molar-refractivity contribution >= 4 is 27.5 Å². The molecule has 1 aromatic rings. The van der Waals surface area contributed by atoms with Crippen LogP contribution in [0.2, 0.25) is 5.02 Å². The topological polar surface area (TPSA) is 21.3 Å². The highest BCUT2D eigenvalue weighted by Gasteiger charge is 2.02. The molecule has 1 aromatic carbocycles. The summed E-state index contributed by atoms with van der Waals surface area (Å²) in [6.45, 7) is 8.21. The first-order valence-corrected chi connectivity index (χ1v) is 6.25. The second-order valence-corrected chi connectivity index (χ2v) is 4.68. The summed E-state index contributed by atoms with van der Waals surface area (Å²) in [4.78, 5) is 0. The zero-order chi connectivity index (χ0) is 12.0. The molecular formula is C12H15BrClNO. The molecule has 0 spiro atoms. The van der Waals surface area contributed by atoms with Crippen LogP contribution in [0.4, 0.5) is 0 Å². The third-order valence-corrected chi connectivity index (χ3v) is 2.81. The number of ether oxygens (including phenoxy) is 1. The van der Waals surface area contributed by atoms with Crippen molar-refractivity contribution in [3.8, 4) is 5.75 Å². The molecule has 88 valence electrons. The van der Waals surface area contributed by atoms with Gasteiger partial charge in [0, 0.05) is 11.6 Å². The Hall–Kier alpha value is -0.510. The van der Waals surface area contributed by atoms with Gasteiger partial charge in [0.05, 0.1) is 4.47 Å². The lowest BCUT2D eigenvalue weighted by atomic mass is 10.3. The summed E-state index contributed by atoms with van der Waals surface area (Å²) >= 11 is 9.23. The average molecular weight is 305 g/mol. The van der Waals surface area contributed by atoms with Crippen molar-refractivity contribution in [2.45, 2.75) is 6.92 Å². The van der Waals surface area contributed by atoms with Crippen molar-refractivity contribution in [2.75, 3.05) is 19.7 Å². The minimum absolute atomic E-state index is 0.507. The normalized spacial score (nSPS) is 10.2. The van der Waals surface area contributed by atoms with Crippen LogP contribution in [0.3, 0.4) is 0 Å². The van der Waals surface area contributed by atoms with E-state index in [1.807, 2.05) is 12.1 Å². The summed E-state index contributed by atoms with van der Waals surface area (Å²) in [5, 5.41) is 3.88. The van der Waals surface area contributed by atoms with Gasteiger partial charge < -0.3 is 10.1 Å². The number of halogens is 2. The fourth-order valence-corrected chi connectivity index (χ4v) is 1.92. The molecule has 0 fully saturated rings. The quantitative estimate of drug-likeness (QED) is 0.810. The molecule has 0 amide bonds. The number of likely N-dealkylation sites (N-methyl/N-ethyl adjacent to an activating group) is 1. The fourth-order valence-electron chi connectivity index (χ4n) is 1.12. The van der Waals surface area contributed by atoms with Gasteiger partial charge in [-0.15, -0.1) is 0 Å². The Balaban J connectivity index is 2.45. The molecule has 0 radical (unpaired) electrons. The molecule has 0 bridgehead atoms. The van der Waals surface area contributed by atoms with Crippen LogP contribution in [0, 0.1) is 0 Å². The van der Waals surface area contributed by atoms with Crippen molar-refractivity contribution in [3.05, 3.63) is 39.8 Å². The summed E-state index contributed by atoms with van der Waals surface area (Å²) in [6, 6.07) is 5.45. The van der Waals surface area contributed by atoms with Crippen LogP contribution in [0.5, 0.6) is 5.75 Å². The summed E-state index contributed by atoms with van der Waals surface area (Å²) < 4.78 is 6.46. The van der Waals surface area contributed by atoms with Crippen LogP contribution >= 0.6 is 27.5 Å². The Morgan fingerprint density at radius 2 is 2.31 bits per heavy atom. The summed E-state index contributed by atoms with van der Waals surface area (Å²) in [5.74, 6) is 0.780. The fraction of sp³-hybridized carbons (Fsp3) is 0.333. The second-order valence-electron chi connectivity index (χ2n) is 3.39. The molecule has 16 heavy (non-hydrogen) atoms. The van der Waals surface area contributed by atoms with E-state index in [1.165, 1.54) is 0 Å². The van der Waals surface area contributed by atoms with E-state index in [1.54, 1.807) is 6.07 Å². The van der Waals surface area contributed by atoms with Crippen molar-refractivity contribution in [2.24, 2.45) is 0 Å². The second kappa shape index (κ2) is 6.94. The molecule has 4 heteroatoms. The number of benzene rings is 1. The molecule has 0 aliphatic heterocycles. The molecule has 0 saturated carbocycles. The van der Waals surface area contributed by atoms with Crippen molar-refractivity contribution in [1.82, 2.24) is 5.32 Å². The third kappa shape index (κ3) is 4.56. The van der Waals surface area contributed by atoms with Gasteiger partial charge in [-0.2, -0.15) is 0 Å². The molecule has 1 N–H and O–H groups in total. The molecule has 0 unspecified atom stereocenters. The van der Waals surface area contributed by atoms with Gasteiger partial charge in [0.25, 0.3) is 0 Å². The van der Waals surface area contributed by atoms with Crippen molar-refractivity contribution in [1.29, 1.82) is 0 Å². The summed E-state index contributed by atoms with van der Waals surface area (Å²) in [7, 11) is 0. The van der Waals surface area contributed by atoms with Gasteiger partial charge in [-0.05, 0) is 46.2 Å². The van der Waals surface area contributed by atoms with E-state index in [0.717, 1.165) is 28.9 Å². The van der Waals surface area contributed by atoms with E-state index in [9.17, 15) is 0 Å². The summed E-state index contributed by atoms with van der Waals surface area (Å²) in [6.07, 6.45) is 0. The Kier molecular flexibility index (Phi) is 5.88. The minimum atomic E-state index is 0.507. The van der Waals surface area contributed by atoms with Gasteiger partial charge in [-0.1, -0.05) is 25.1 Å². The van der Waals surface area contributed by atoms with E-state index >= 15 is 0 Å². The standard InChI is InChI=1S/C12H15BrClNO/c1-3-15-7-9(2)8-16-12-5-4-10(14)6-11(12)13/h4-6,15H,2-3,7-8H2,1H3. The molecule has 0 heterocycles. The van der Waals surface area contributed by atoms with Crippen LogP contribution in [-0.2, 0) is 0 Å². The Morgan fingerprint density at radius 1 is 1.56 bits per heavy atom. The smallest absolute Gasteiger partial charge is 0.134 e. The van der Waals surface area contributed by atoms with Gasteiger partial charge in [0.1, 0.15) is 12.4 Å². The molecule has 0 aromatic heterocycles. The lowest BCUT2D eigenvalue weighted by Crippen LogP contribution is -2.18. The molecule has 1 rings (SSSR count). The van der Waals surface area contributed by atoms with Gasteiger partial charge in [0.15, 0.2) is 0 Å². The van der Waals surface area contributed by atoms with Crippen LogP contribution in [0.1, 0.15) is 6.92 Å². The molecule has 2 nitrogen and oxygen atoms in total. The first-order chi connectivity index (χ1) is 7.63. The minimum Gasteiger partial charge on any atom is -0.488 e. The zero-order valence-corrected chi connectivity index (χ0v) is 11.6. The van der Waals surface area contributed by atoms with E-state index in [0.29, 0.717) is 11.6 Å². The van der Waals surface area contributed by atoms with E-state index in [4.69, 9.17) is 16.3 Å². The van der Waals surface area contributed by atoms with E-state index in [2.05, 4.69) is 34.7 Å². The number of rotatable bonds is 6. The van der Waals surface area contributed by atoms with Gasteiger partial charge in [-0.3, -0.25) is 0 Å². The van der Waals surface area contributed by atoms with E-state index in [-0.39, 0.29) is 0 Å². The lowest BCUT2D eigenvalue weighted by molar-refractivity contribution is 0.346. The highest BCUT2D eigenvalue weighted by atomic mass is 79.9. The molecule has 0 aliphatic rings. The van der Waals surface area contributed by atoms with Crippen LogP contribution in [0.15, 0.2) is 34.8 Å². The first kappa shape index (κ1) is 13.6. The molecule has 0 saturated heterocycles. The molecular weight excluding hydrogens is 289 g/mol. The van der Waals surface area contributed by atoms with Crippen LogP contribution in [-0.4, -0.2) is 19.7 Å². The molecule has 0 aliphatic carbocycles. The number of hydrogen-bond donors (Lipinski definition) is 1. The van der Waals surface area contributed by atoms with Crippen molar-refractivity contribution < 1.29 is 4.74 Å². The average Bonchev–Trinajstić information content (AvgIpc) is 2.25. The monoisotopic (exact) mass is 303 g/mol. The third-order valence-electron chi connectivity index (χ3n) is 1.95. The Morgan fingerprint density at radius 3 is 2.94 bits per heavy atom. The maximum atomic E-state index is 5.84. The largest absolute Gasteiger partial charge is 0.488 e.